The maximum Gasteiger partial charge on any atom is 0.163 e. The van der Waals surface area contributed by atoms with Crippen LogP contribution in [0.4, 0.5) is 11.4 Å². The molecule has 0 radical (unpaired) electrons. The van der Waals surface area contributed by atoms with Crippen molar-refractivity contribution in [2.45, 2.75) is 31.7 Å². The van der Waals surface area contributed by atoms with Crippen LogP contribution in [-0.4, -0.2) is 19.5 Å². The number of allylic oxidation sites excluding steroid dienone is 1. The maximum atomic E-state index is 13.7. The van der Waals surface area contributed by atoms with Gasteiger partial charge in [0.1, 0.15) is 0 Å². The molecule has 0 aromatic heterocycles. The Morgan fingerprint density at radius 2 is 1.74 bits per heavy atom. The van der Waals surface area contributed by atoms with E-state index < -0.39 is 0 Å². The van der Waals surface area contributed by atoms with Gasteiger partial charge < -0.3 is 20.1 Å². The Balaban J connectivity index is 1.61. The van der Waals surface area contributed by atoms with Gasteiger partial charge in [-0.05, 0) is 60.7 Å². The zero-order chi connectivity index (χ0) is 23.7. The second-order valence-corrected chi connectivity index (χ2v) is 8.94. The average molecular weight is 475 g/mol. The van der Waals surface area contributed by atoms with E-state index in [2.05, 4.69) is 10.6 Å². The first kappa shape index (κ1) is 22.4. The lowest BCUT2D eigenvalue weighted by Gasteiger charge is -2.30. The maximum absolute atomic E-state index is 13.7. The summed E-state index contributed by atoms with van der Waals surface area (Å²) in [6.45, 7) is 2.49. The van der Waals surface area contributed by atoms with Crippen molar-refractivity contribution in [2.75, 3.05) is 24.4 Å². The van der Waals surface area contributed by atoms with Gasteiger partial charge in [0.05, 0.1) is 31.1 Å². The van der Waals surface area contributed by atoms with Gasteiger partial charge in [-0.25, -0.2) is 0 Å². The highest BCUT2D eigenvalue weighted by atomic mass is 35.5. The van der Waals surface area contributed by atoms with Crippen molar-refractivity contribution in [1.29, 1.82) is 0 Å². The molecule has 1 heterocycles. The lowest BCUT2D eigenvalue weighted by atomic mass is 9.78. The van der Waals surface area contributed by atoms with Crippen LogP contribution in [0.2, 0.25) is 5.02 Å². The Kier molecular flexibility index (Phi) is 6.20. The van der Waals surface area contributed by atoms with Crippen LogP contribution in [0.1, 0.15) is 42.9 Å². The standard InChI is InChI=1S/C28H27ClN2O3/c1-3-34-25-13-12-17(16-26(25)33-2)28-27-23(30-21-10-6-7-11-22(21)31-28)14-18(15-24(27)32)19-8-4-5-9-20(19)29/h4-13,16,18,28,30-31H,3,14-15H2,1-2H3. The number of ether oxygens (including phenoxy) is 2. The Bertz CT molecular complexity index is 1270. The van der Waals surface area contributed by atoms with Crippen LogP contribution in [0.5, 0.6) is 11.5 Å². The van der Waals surface area contributed by atoms with E-state index in [0.717, 1.165) is 33.8 Å². The molecule has 5 rings (SSSR count). The summed E-state index contributed by atoms with van der Waals surface area (Å²) in [4.78, 5) is 13.7. The average Bonchev–Trinajstić information content (AvgIpc) is 3.01. The number of carbonyl (C=O) groups is 1. The van der Waals surface area contributed by atoms with Gasteiger partial charge in [0, 0.05) is 22.7 Å². The first-order valence-corrected chi connectivity index (χ1v) is 11.9. The van der Waals surface area contributed by atoms with Crippen molar-refractivity contribution in [3.63, 3.8) is 0 Å². The number of Topliss-reactive ketones (excluding diaryl/α,β-unsaturated/α-hetero) is 1. The van der Waals surface area contributed by atoms with Gasteiger partial charge in [0.25, 0.3) is 0 Å². The number of carbonyl (C=O) groups excluding carboxylic acids is 1. The summed E-state index contributed by atoms with van der Waals surface area (Å²) in [5, 5.41) is 7.88. The van der Waals surface area contributed by atoms with E-state index in [1.54, 1.807) is 7.11 Å². The number of ketones is 1. The summed E-state index contributed by atoms with van der Waals surface area (Å²) in [7, 11) is 1.63. The van der Waals surface area contributed by atoms with Crippen molar-refractivity contribution in [3.8, 4) is 11.5 Å². The molecule has 0 saturated carbocycles. The summed E-state index contributed by atoms with van der Waals surface area (Å²) >= 11 is 6.51. The Morgan fingerprint density at radius 1 is 0.971 bits per heavy atom. The number of anilines is 2. The highest BCUT2D eigenvalue weighted by Crippen LogP contribution is 2.46. The fourth-order valence-corrected chi connectivity index (χ4v) is 5.20. The number of rotatable bonds is 5. The number of benzene rings is 3. The van der Waals surface area contributed by atoms with Crippen LogP contribution in [0.25, 0.3) is 0 Å². The van der Waals surface area contributed by atoms with E-state index in [0.29, 0.717) is 36.0 Å². The molecular formula is C28H27ClN2O3. The molecule has 34 heavy (non-hydrogen) atoms. The summed E-state index contributed by atoms with van der Waals surface area (Å²) < 4.78 is 11.3. The third-order valence-corrected chi connectivity index (χ3v) is 6.82. The highest BCUT2D eigenvalue weighted by molar-refractivity contribution is 6.31. The molecule has 0 saturated heterocycles. The third-order valence-electron chi connectivity index (χ3n) is 6.47. The monoisotopic (exact) mass is 474 g/mol. The molecule has 0 fully saturated rings. The van der Waals surface area contributed by atoms with Crippen LogP contribution in [0.3, 0.4) is 0 Å². The predicted octanol–water partition coefficient (Wildman–Crippen LogP) is 6.73. The van der Waals surface area contributed by atoms with E-state index in [9.17, 15) is 4.79 Å². The van der Waals surface area contributed by atoms with E-state index in [1.807, 2.05) is 73.7 Å². The van der Waals surface area contributed by atoms with Crippen LogP contribution in [-0.2, 0) is 4.79 Å². The minimum atomic E-state index is -0.324. The lowest BCUT2D eigenvalue weighted by Crippen LogP contribution is -2.27. The molecule has 5 nitrogen and oxygen atoms in total. The van der Waals surface area contributed by atoms with Crippen LogP contribution < -0.4 is 20.1 Å². The molecule has 1 aliphatic heterocycles. The quantitative estimate of drug-likeness (QED) is 0.429. The molecule has 3 aromatic carbocycles. The molecule has 3 aromatic rings. The van der Waals surface area contributed by atoms with Gasteiger partial charge in [-0.2, -0.15) is 0 Å². The minimum absolute atomic E-state index is 0.0215. The fraction of sp³-hybridized carbons (Fsp3) is 0.250. The second kappa shape index (κ2) is 9.43. The molecule has 0 bridgehead atoms. The smallest absolute Gasteiger partial charge is 0.163 e. The van der Waals surface area contributed by atoms with Crippen molar-refractivity contribution < 1.29 is 14.3 Å². The lowest BCUT2D eigenvalue weighted by molar-refractivity contribution is -0.116. The topological polar surface area (TPSA) is 59.6 Å². The van der Waals surface area contributed by atoms with Gasteiger partial charge in [0.2, 0.25) is 0 Å². The predicted molar refractivity (Wildman–Crippen MR) is 136 cm³/mol. The number of hydrogen-bond donors (Lipinski definition) is 2. The number of halogens is 1. The van der Waals surface area contributed by atoms with Gasteiger partial charge in [-0.1, -0.05) is 48.0 Å². The molecule has 2 unspecified atom stereocenters. The number of methoxy groups -OCH3 is 1. The molecule has 2 N–H and O–H groups in total. The number of fused-ring (bicyclic) bond motifs is 1. The Hall–Kier alpha value is -3.44. The van der Waals surface area contributed by atoms with Crippen molar-refractivity contribution in [3.05, 3.63) is 94.1 Å². The van der Waals surface area contributed by atoms with E-state index >= 15 is 0 Å². The third kappa shape index (κ3) is 4.12. The van der Waals surface area contributed by atoms with E-state index in [-0.39, 0.29) is 17.7 Å². The molecule has 2 aliphatic rings. The zero-order valence-electron chi connectivity index (χ0n) is 19.2. The minimum Gasteiger partial charge on any atom is -0.493 e. The highest BCUT2D eigenvalue weighted by Gasteiger charge is 2.36. The largest absolute Gasteiger partial charge is 0.493 e. The molecule has 1 aliphatic carbocycles. The van der Waals surface area contributed by atoms with Crippen molar-refractivity contribution in [1.82, 2.24) is 0 Å². The first-order chi connectivity index (χ1) is 16.6. The molecule has 0 amide bonds. The summed E-state index contributed by atoms with van der Waals surface area (Å²) in [5.41, 5.74) is 5.52. The Morgan fingerprint density at radius 3 is 2.50 bits per heavy atom. The normalized spacial score (nSPS) is 19.3. The molecule has 174 valence electrons. The molecule has 0 spiro atoms. The Labute approximate surface area is 204 Å². The van der Waals surface area contributed by atoms with E-state index in [4.69, 9.17) is 21.1 Å². The SMILES string of the molecule is CCOc1ccc(C2Nc3ccccc3NC3=C2C(=O)CC(c2ccccc2Cl)C3)cc1OC. The van der Waals surface area contributed by atoms with Gasteiger partial charge in [-0.3, -0.25) is 4.79 Å². The van der Waals surface area contributed by atoms with Crippen LogP contribution in [0, 0.1) is 0 Å². The fourth-order valence-electron chi connectivity index (χ4n) is 4.91. The molecular weight excluding hydrogens is 448 g/mol. The van der Waals surface area contributed by atoms with Gasteiger partial charge >= 0.3 is 0 Å². The summed E-state index contributed by atoms with van der Waals surface area (Å²) in [6, 6.07) is 21.4. The van der Waals surface area contributed by atoms with Gasteiger partial charge in [-0.15, -0.1) is 0 Å². The number of hydrogen-bond acceptors (Lipinski definition) is 5. The number of para-hydroxylation sites is 2. The second-order valence-electron chi connectivity index (χ2n) is 8.53. The van der Waals surface area contributed by atoms with Crippen molar-refractivity contribution in [2.24, 2.45) is 0 Å². The van der Waals surface area contributed by atoms with Crippen LogP contribution >= 0.6 is 11.6 Å². The van der Waals surface area contributed by atoms with E-state index in [1.165, 1.54) is 0 Å². The first-order valence-electron chi connectivity index (χ1n) is 11.5. The number of nitrogens with one attached hydrogen (secondary N) is 2. The molecule has 2 atom stereocenters. The zero-order valence-corrected chi connectivity index (χ0v) is 20.0. The van der Waals surface area contributed by atoms with Gasteiger partial charge in [0.15, 0.2) is 17.3 Å². The molecule has 6 heteroatoms. The van der Waals surface area contributed by atoms with Crippen LogP contribution in [0.15, 0.2) is 78.0 Å². The van der Waals surface area contributed by atoms with Crippen molar-refractivity contribution >= 4 is 28.8 Å². The summed E-state index contributed by atoms with van der Waals surface area (Å²) in [6.07, 6.45) is 1.11. The summed E-state index contributed by atoms with van der Waals surface area (Å²) in [5.74, 6) is 1.46.